The van der Waals surface area contributed by atoms with E-state index in [0.717, 1.165) is 5.39 Å². The number of rotatable bonds is 4. The van der Waals surface area contributed by atoms with Crippen molar-refractivity contribution in [1.82, 2.24) is 4.72 Å². The molecule has 0 aliphatic rings. The Morgan fingerprint density at radius 1 is 1.11 bits per heavy atom. The van der Waals surface area contributed by atoms with E-state index < -0.39 is 10.0 Å². The van der Waals surface area contributed by atoms with Gasteiger partial charge in [-0.1, -0.05) is 31.2 Å². The van der Waals surface area contributed by atoms with Crippen LogP contribution in [-0.2, 0) is 10.0 Å². The second kappa shape index (κ2) is 4.96. The van der Waals surface area contributed by atoms with E-state index in [-0.39, 0.29) is 4.90 Å². The SMILES string of the molecule is CCNS(=O)(=O)c1ccc(OC)c2ccccc12. The molecule has 0 aromatic heterocycles. The van der Waals surface area contributed by atoms with Gasteiger partial charge in [0, 0.05) is 17.3 Å². The summed E-state index contributed by atoms with van der Waals surface area (Å²) in [4.78, 5) is 0.278. The highest BCUT2D eigenvalue weighted by atomic mass is 32.2. The minimum Gasteiger partial charge on any atom is -0.496 e. The third-order valence-electron chi connectivity index (χ3n) is 2.69. The number of hydrogen-bond donors (Lipinski definition) is 1. The van der Waals surface area contributed by atoms with Gasteiger partial charge in [-0.3, -0.25) is 0 Å². The monoisotopic (exact) mass is 265 g/mol. The first-order valence-electron chi connectivity index (χ1n) is 5.65. The van der Waals surface area contributed by atoms with Gasteiger partial charge in [-0.05, 0) is 12.1 Å². The van der Waals surface area contributed by atoms with Crippen LogP contribution >= 0.6 is 0 Å². The third-order valence-corrected chi connectivity index (χ3v) is 4.29. The highest BCUT2D eigenvalue weighted by Crippen LogP contribution is 2.30. The molecule has 18 heavy (non-hydrogen) atoms. The van der Waals surface area contributed by atoms with Gasteiger partial charge in [0.15, 0.2) is 0 Å². The van der Waals surface area contributed by atoms with Crippen molar-refractivity contribution in [2.75, 3.05) is 13.7 Å². The average molecular weight is 265 g/mol. The van der Waals surface area contributed by atoms with Gasteiger partial charge in [0.25, 0.3) is 0 Å². The lowest BCUT2D eigenvalue weighted by atomic mass is 10.1. The lowest BCUT2D eigenvalue weighted by Gasteiger charge is -2.11. The molecule has 0 aliphatic heterocycles. The number of benzene rings is 2. The number of methoxy groups -OCH3 is 1. The van der Waals surface area contributed by atoms with Crippen molar-refractivity contribution in [2.45, 2.75) is 11.8 Å². The molecule has 2 aromatic carbocycles. The normalized spacial score (nSPS) is 11.7. The van der Waals surface area contributed by atoms with Crippen LogP contribution in [0.1, 0.15) is 6.92 Å². The van der Waals surface area contributed by atoms with Gasteiger partial charge >= 0.3 is 0 Å². The molecule has 0 atom stereocenters. The summed E-state index contributed by atoms with van der Waals surface area (Å²) < 4.78 is 31.9. The minimum absolute atomic E-state index is 0.278. The van der Waals surface area contributed by atoms with E-state index in [1.54, 1.807) is 32.2 Å². The van der Waals surface area contributed by atoms with Crippen LogP contribution in [0.5, 0.6) is 5.75 Å². The Bertz CT molecular complexity index is 665. The maximum atomic E-state index is 12.1. The van der Waals surface area contributed by atoms with E-state index in [0.29, 0.717) is 17.7 Å². The predicted octanol–water partition coefficient (Wildman–Crippen LogP) is 2.15. The standard InChI is InChI=1S/C13H15NO3S/c1-3-14-18(15,16)13-9-8-12(17-2)10-6-4-5-7-11(10)13/h4-9,14H,3H2,1-2H3. The van der Waals surface area contributed by atoms with E-state index in [4.69, 9.17) is 4.74 Å². The molecule has 0 bridgehead atoms. The van der Waals surface area contributed by atoms with Crippen molar-refractivity contribution < 1.29 is 13.2 Å². The molecule has 2 rings (SSSR count). The molecule has 0 saturated carbocycles. The van der Waals surface area contributed by atoms with E-state index in [2.05, 4.69) is 4.72 Å². The van der Waals surface area contributed by atoms with Gasteiger partial charge in [-0.2, -0.15) is 0 Å². The maximum absolute atomic E-state index is 12.1. The van der Waals surface area contributed by atoms with Gasteiger partial charge in [0.05, 0.1) is 12.0 Å². The minimum atomic E-state index is -3.47. The Kier molecular flexibility index (Phi) is 3.54. The fourth-order valence-electron chi connectivity index (χ4n) is 1.92. The van der Waals surface area contributed by atoms with Crippen molar-refractivity contribution in [3.05, 3.63) is 36.4 Å². The number of hydrogen-bond acceptors (Lipinski definition) is 3. The van der Waals surface area contributed by atoms with Crippen molar-refractivity contribution >= 4 is 20.8 Å². The number of sulfonamides is 1. The lowest BCUT2D eigenvalue weighted by molar-refractivity contribution is 0.419. The van der Waals surface area contributed by atoms with Gasteiger partial charge in [-0.25, -0.2) is 13.1 Å². The van der Waals surface area contributed by atoms with Gasteiger partial charge in [0.2, 0.25) is 10.0 Å². The fourth-order valence-corrected chi connectivity index (χ4v) is 3.17. The highest BCUT2D eigenvalue weighted by Gasteiger charge is 2.17. The first-order valence-corrected chi connectivity index (χ1v) is 7.14. The van der Waals surface area contributed by atoms with E-state index in [1.165, 1.54) is 0 Å². The molecular weight excluding hydrogens is 250 g/mol. The van der Waals surface area contributed by atoms with E-state index in [1.807, 2.05) is 18.2 Å². The molecule has 0 spiro atoms. The third kappa shape index (κ3) is 2.19. The summed E-state index contributed by atoms with van der Waals surface area (Å²) in [5, 5.41) is 1.46. The summed E-state index contributed by atoms with van der Waals surface area (Å²) in [6.45, 7) is 2.12. The zero-order valence-corrected chi connectivity index (χ0v) is 11.1. The van der Waals surface area contributed by atoms with Crippen LogP contribution in [0.4, 0.5) is 0 Å². The summed E-state index contributed by atoms with van der Waals surface area (Å²) in [6.07, 6.45) is 0. The molecule has 0 heterocycles. The molecule has 0 aliphatic carbocycles. The molecule has 2 aromatic rings. The van der Waals surface area contributed by atoms with Gasteiger partial charge in [0.1, 0.15) is 5.75 Å². The van der Waals surface area contributed by atoms with Crippen molar-refractivity contribution in [3.63, 3.8) is 0 Å². The number of ether oxygens (including phenoxy) is 1. The fraction of sp³-hybridized carbons (Fsp3) is 0.231. The summed E-state index contributed by atoms with van der Waals surface area (Å²) in [6, 6.07) is 10.5. The van der Waals surface area contributed by atoms with Crippen LogP contribution in [0.25, 0.3) is 10.8 Å². The van der Waals surface area contributed by atoms with Crippen LogP contribution in [-0.4, -0.2) is 22.1 Å². The topological polar surface area (TPSA) is 55.4 Å². The molecule has 4 nitrogen and oxygen atoms in total. The molecular formula is C13H15NO3S. The number of fused-ring (bicyclic) bond motifs is 1. The zero-order valence-electron chi connectivity index (χ0n) is 10.3. The first-order chi connectivity index (χ1) is 8.60. The molecule has 5 heteroatoms. The van der Waals surface area contributed by atoms with Crippen LogP contribution in [0, 0.1) is 0 Å². The van der Waals surface area contributed by atoms with Crippen molar-refractivity contribution in [3.8, 4) is 5.75 Å². The number of nitrogens with one attached hydrogen (secondary N) is 1. The molecule has 0 radical (unpaired) electrons. The highest BCUT2D eigenvalue weighted by molar-refractivity contribution is 7.89. The molecule has 0 amide bonds. The maximum Gasteiger partial charge on any atom is 0.241 e. The molecule has 1 N–H and O–H groups in total. The van der Waals surface area contributed by atoms with Crippen LogP contribution in [0.15, 0.2) is 41.3 Å². The van der Waals surface area contributed by atoms with E-state index >= 15 is 0 Å². The Hall–Kier alpha value is -1.59. The smallest absolute Gasteiger partial charge is 0.241 e. The molecule has 0 saturated heterocycles. The van der Waals surface area contributed by atoms with Crippen molar-refractivity contribution in [2.24, 2.45) is 0 Å². The van der Waals surface area contributed by atoms with Gasteiger partial charge in [-0.15, -0.1) is 0 Å². The molecule has 96 valence electrons. The first kappa shape index (κ1) is 12.9. The van der Waals surface area contributed by atoms with Crippen LogP contribution in [0.3, 0.4) is 0 Å². The zero-order chi connectivity index (χ0) is 13.2. The quantitative estimate of drug-likeness (QED) is 0.921. The Morgan fingerprint density at radius 3 is 2.39 bits per heavy atom. The van der Waals surface area contributed by atoms with E-state index in [9.17, 15) is 8.42 Å². The Labute approximate surface area is 107 Å². The Balaban J connectivity index is 2.75. The Morgan fingerprint density at radius 2 is 1.78 bits per heavy atom. The summed E-state index contributed by atoms with van der Waals surface area (Å²) in [7, 11) is -1.90. The summed E-state index contributed by atoms with van der Waals surface area (Å²) in [5.41, 5.74) is 0. The average Bonchev–Trinajstić information content (AvgIpc) is 2.37. The lowest BCUT2D eigenvalue weighted by Crippen LogP contribution is -2.23. The molecule has 0 unspecified atom stereocenters. The van der Waals surface area contributed by atoms with Crippen molar-refractivity contribution in [1.29, 1.82) is 0 Å². The van der Waals surface area contributed by atoms with Crippen LogP contribution < -0.4 is 9.46 Å². The second-order valence-electron chi connectivity index (χ2n) is 3.81. The van der Waals surface area contributed by atoms with Crippen LogP contribution in [0.2, 0.25) is 0 Å². The van der Waals surface area contributed by atoms with Gasteiger partial charge < -0.3 is 4.74 Å². The second-order valence-corrected chi connectivity index (χ2v) is 5.55. The summed E-state index contributed by atoms with van der Waals surface area (Å²) in [5.74, 6) is 0.668. The largest absolute Gasteiger partial charge is 0.496 e. The molecule has 0 fully saturated rings. The summed E-state index contributed by atoms with van der Waals surface area (Å²) >= 11 is 0. The predicted molar refractivity (Wildman–Crippen MR) is 71.4 cm³/mol.